The van der Waals surface area contributed by atoms with Crippen molar-refractivity contribution in [1.29, 1.82) is 0 Å². The van der Waals surface area contributed by atoms with Gasteiger partial charge in [-0.2, -0.15) is 0 Å². The van der Waals surface area contributed by atoms with E-state index < -0.39 is 0 Å². The molecule has 1 aromatic rings. The topological polar surface area (TPSA) is 24.9 Å². The van der Waals surface area contributed by atoms with Gasteiger partial charge < -0.3 is 5.32 Å². The number of nitrogens with zero attached hydrogens (tertiary/aromatic N) is 1. The van der Waals surface area contributed by atoms with Crippen LogP contribution in [0.25, 0.3) is 6.08 Å². The molecule has 0 aliphatic carbocycles. The van der Waals surface area contributed by atoms with Crippen molar-refractivity contribution < 1.29 is 1.43 Å². The molecule has 23 heavy (non-hydrogen) atoms. The highest BCUT2D eigenvalue weighted by atomic mass is 127. The lowest BCUT2D eigenvalue weighted by atomic mass is 9.96. The molecule has 1 aromatic heterocycles. The van der Waals surface area contributed by atoms with Crippen LogP contribution in [0.4, 0.5) is 0 Å². The Labute approximate surface area is 160 Å². The minimum atomic E-state index is 0. The monoisotopic (exact) mass is 428 g/mol. The van der Waals surface area contributed by atoms with Gasteiger partial charge in [0.05, 0.1) is 11.7 Å². The molecule has 1 aliphatic rings. The van der Waals surface area contributed by atoms with Crippen molar-refractivity contribution in [3.63, 3.8) is 0 Å². The summed E-state index contributed by atoms with van der Waals surface area (Å²) in [5, 5.41) is 3.50. The van der Waals surface area contributed by atoms with Crippen molar-refractivity contribution in [3.8, 4) is 0 Å². The molecule has 1 N–H and O–H groups in total. The van der Waals surface area contributed by atoms with Crippen molar-refractivity contribution >= 4 is 30.1 Å². The highest BCUT2D eigenvalue weighted by Gasteiger charge is 2.19. The summed E-state index contributed by atoms with van der Waals surface area (Å²) in [7, 11) is 0. The standard InChI is InChI=1S/C18H24N2.C2H6.HI.H2/c1-5-6-7-9-13(2)14(3)17-12-16-10-8-11-19-18(16)15(4)20-17;1-2;;/h8-12,15,20H,3,5-7H2,1-2,4H3;1-2H3;2*1H/b13-9-;;;. The maximum Gasteiger partial charge on any atom is 0.0696 e. The highest BCUT2D eigenvalue weighted by molar-refractivity contribution is 14.0. The summed E-state index contributed by atoms with van der Waals surface area (Å²) in [6.07, 6.45) is 9.88. The predicted molar refractivity (Wildman–Crippen MR) is 115 cm³/mol. The Morgan fingerprint density at radius 2 is 2.13 bits per heavy atom. The number of halogens is 1. The maximum atomic E-state index is 4.45. The summed E-state index contributed by atoms with van der Waals surface area (Å²) in [5.74, 6) is 0. The van der Waals surface area contributed by atoms with Crippen LogP contribution in [0, 0.1) is 0 Å². The van der Waals surface area contributed by atoms with Gasteiger partial charge in [0.15, 0.2) is 0 Å². The molecule has 0 saturated heterocycles. The van der Waals surface area contributed by atoms with Gasteiger partial charge in [0.25, 0.3) is 0 Å². The van der Waals surface area contributed by atoms with Crippen LogP contribution < -0.4 is 5.32 Å². The van der Waals surface area contributed by atoms with E-state index in [0.29, 0.717) is 0 Å². The van der Waals surface area contributed by atoms with Crippen LogP contribution >= 0.6 is 24.0 Å². The summed E-state index contributed by atoms with van der Waals surface area (Å²) in [5.41, 5.74) is 5.76. The number of hydrogen-bond acceptors (Lipinski definition) is 2. The normalized spacial score (nSPS) is 16.0. The van der Waals surface area contributed by atoms with Gasteiger partial charge in [0.2, 0.25) is 0 Å². The molecule has 0 amide bonds. The zero-order chi connectivity index (χ0) is 16.5. The number of nitrogens with one attached hydrogen (secondary N) is 1. The zero-order valence-electron chi connectivity index (χ0n) is 15.1. The number of allylic oxidation sites excluding steroid dienone is 2. The van der Waals surface area contributed by atoms with Gasteiger partial charge >= 0.3 is 0 Å². The van der Waals surface area contributed by atoms with Crippen LogP contribution in [0.2, 0.25) is 0 Å². The molecule has 3 heteroatoms. The summed E-state index contributed by atoms with van der Waals surface area (Å²) in [6, 6.07) is 4.33. The fourth-order valence-corrected chi connectivity index (χ4v) is 2.45. The van der Waals surface area contributed by atoms with Crippen LogP contribution in [-0.4, -0.2) is 4.98 Å². The largest absolute Gasteiger partial charge is 0.376 e. The summed E-state index contributed by atoms with van der Waals surface area (Å²) in [6.45, 7) is 14.7. The molecule has 130 valence electrons. The average molecular weight is 428 g/mol. The summed E-state index contributed by atoms with van der Waals surface area (Å²) < 4.78 is 0. The Bertz CT molecular complexity index is 565. The second-order valence-corrected chi connectivity index (χ2v) is 5.41. The second-order valence-electron chi connectivity index (χ2n) is 5.41. The molecule has 1 aliphatic heterocycles. The van der Waals surface area contributed by atoms with E-state index in [-0.39, 0.29) is 31.4 Å². The number of pyridine rings is 1. The summed E-state index contributed by atoms with van der Waals surface area (Å²) >= 11 is 0. The van der Waals surface area contributed by atoms with Crippen LogP contribution in [-0.2, 0) is 0 Å². The fourth-order valence-electron chi connectivity index (χ4n) is 2.45. The molecule has 0 saturated carbocycles. The highest BCUT2D eigenvalue weighted by Crippen LogP contribution is 2.28. The lowest BCUT2D eigenvalue weighted by Crippen LogP contribution is -2.24. The molecular formula is C20H33IN2. The molecule has 0 fully saturated rings. The van der Waals surface area contributed by atoms with Gasteiger partial charge in [-0.05, 0) is 43.6 Å². The first kappa shape index (κ1) is 21.9. The third-order valence-electron chi connectivity index (χ3n) is 3.76. The van der Waals surface area contributed by atoms with Crippen LogP contribution in [0.3, 0.4) is 0 Å². The van der Waals surface area contributed by atoms with Crippen LogP contribution in [0.15, 0.2) is 47.8 Å². The lowest BCUT2D eigenvalue weighted by Gasteiger charge is -2.25. The molecule has 2 nitrogen and oxygen atoms in total. The van der Waals surface area contributed by atoms with E-state index in [1.54, 1.807) is 0 Å². The van der Waals surface area contributed by atoms with Crippen molar-refractivity contribution in [3.05, 3.63) is 59.1 Å². The molecule has 0 bridgehead atoms. The van der Waals surface area contributed by atoms with Gasteiger partial charge in [-0.1, -0.05) is 52.3 Å². The van der Waals surface area contributed by atoms with Crippen LogP contribution in [0.1, 0.15) is 72.6 Å². The van der Waals surface area contributed by atoms with Crippen molar-refractivity contribution in [1.82, 2.24) is 10.3 Å². The Kier molecular flexibility index (Phi) is 10.9. The Hall–Kier alpha value is -1.10. The minimum absolute atomic E-state index is 0. The van der Waals surface area contributed by atoms with Crippen molar-refractivity contribution in [2.24, 2.45) is 0 Å². The molecule has 0 radical (unpaired) electrons. The van der Waals surface area contributed by atoms with Crippen molar-refractivity contribution in [2.45, 2.75) is 59.9 Å². The van der Waals surface area contributed by atoms with E-state index in [0.717, 1.165) is 23.4 Å². The first-order valence-corrected chi connectivity index (χ1v) is 8.43. The molecule has 0 aromatic carbocycles. The smallest absolute Gasteiger partial charge is 0.0696 e. The van der Waals surface area contributed by atoms with E-state index in [1.807, 2.05) is 26.1 Å². The quantitative estimate of drug-likeness (QED) is 0.322. The molecular weight excluding hydrogens is 395 g/mol. The first-order chi connectivity index (χ1) is 10.6. The zero-order valence-corrected chi connectivity index (χ0v) is 17.5. The Morgan fingerprint density at radius 3 is 2.78 bits per heavy atom. The number of aromatic nitrogens is 1. The fraction of sp³-hybridized carbons (Fsp3) is 0.450. The SMILES string of the molecule is C=C(C1=Cc2cccnc2C(C)N1)/C(C)=C\CCCC.CC.I.[HH]. The molecule has 2 rings (SSSR count). The van der Waals surface area contributed by atoms with E-state index in [2.05, 4.69) is 55.9 Å². The van der Waals surface area contributed by atoms with Crippen LogP contribution in [0.5, 0.6) is 0 Å². The van der Waals surface area contributed by atoms with E-state index in [9.17, 15) is 0 Å². The predicted octanol–water partition coefficient (Wildman–Crippen LogP) is 6.67. The third-order valence-corrected chi connectivity index (χ3v) is 3.76. The number of fused-ring (bicyclic) bond motifs is 1. The lowest BCUT2D eigenvalue weighted by molar-refractivity contribution is 0.632. The molecule has 0 spiro atoms. The number of rotatable bonds is 5. The van der Waals surface area contributed by atoms with Crippen molar-refractivity contribution in [2.75, 3.05) is 0 Å². The molecule has 1 atom stereocenters. The molecule has 2 heterocycles. The number of hydrogen-bond donors (Lipinski definition) is 1. The van der Waals surface area contributed by atoms with Gasteiger partial charge in [-0.15, -0.1) is 24.0 Å². The minimum Gasteiger partial charge on any atom is -0.376 e. The third kappa shape index (κ3) is 6.13. The molecule has 1 unspecified atom stereocenters. The van der Waals surface area contributed by atoms with Gasteiger partial charge in [-0.3, -0.25) is 4.98 Å². The van der Waals surface area contributed by atoms with E-state index in [4.69, 9.17) is 0 Å². The Balaban J connectivity index is 0. The second kappa shape index (κ2) is 11.4. The Morgan fingerprint density at radius 1 is 1.43 bits per heavy atom. The van der Waals surface area contributed by atoms with E-state index in [1.165, 1.54) is 24.0 Å². The number of unbranched alkanes of at least 4 members (excludes halogenated alkanes) is 2. The van der Waals surface area contributed by atoms with Gasteiger partial charge in [0, 0.05) is 18.9 Å². The van der Waals surface area contributed by atoms with Gasteiger partial charge in [-0.25, -0.2) is 0 Å². The first-order valence-electron chi connectivity index (χ1n) is 8.43. The summed E-state index contributed by atoms with van der Waals surface area (Å²) in [4.78, 5) is 4.45. The maximum absolute atomic E-state index is 4.45. The van der Waals surface area contributed by atoms with Gasteiger partial charge in [0.1, 0.15) is 0 Å². The van der Waals surface area contributed by atoms with E-state index >= 15 is 0 Å². The average Bonchev–Trinajstić information content (AvgIpc) is 2.56.